The third kappa shape index (κ3) is 5.80. The van der Waals surface area contributed by atoms with E-state index in [2.05, 4.69) is 17.2 Å². The zero-order valence-corrected chi connectivity index (χ0v) is 14.2. The van der Waals surface area contributed by atoms with E-state index in [9.17, 15) is 4.79 Å². The number of benzene rings is 2. The fourth-order valence-electron chi connectivity index (χ4n) is 2.18. The van der Waals surface area contributed by atoms with Crippen LogP contribution < -0.4 is 15.4 Å². The Morgan fingerprint density at radius 1 is 1.12 bits per heavy atom. The Kier molecular flexibility index (Phi) is 6.43. The summed E-state index contributed by atoms with van der Waals surface area (Å²) in [4.78, 5) is 12.0. The zero-order valence-electron chi connectivity index (χ0n) is 14.2. The fourth-order valence-corrected chi connectivity index (χ4v) is 2.18. The van der Waals surface area contributed by atoms with Gasteiger partial charge in [-0.05, 0) is 49.2 Å². The Balaban J connectivity index is 1.78. The van der Waals surface area contributed by atoms with Crippen molar-refractivity contribution in [3.63, 3.8) is 0 Å². The average Bonchev–Trinajstić information content (AvgIpc) is 2.59. The van der Waals surface area contributed by atoms with Gasteiger partial charge < -0.3 is 15.4 Å². The Labute approximate surface area is 143 Å². The van der Waals surface area contributed by atoms with Crippen LogP contribution in [-0.2, 0) is 4.79 Å². The van der Waals surface area contributed by atoms with Gasteiger partial charge in [-0.2, -0.15) is 0 Å². The summed E-state index contributed by atoms with van der Waals surface area (Å²) < 4.78 is 5.54. The van der Waals surface area contributed by atoms with E-state index in [1.54, 1.807) is 0 Å². The second-order valence-electron chi connectivity index (χ2n) is 5.82. The van der Waals surface area contributed by atoms with Crippen LogP contribution in [0.15, 0.2) is 66.7 Å². The van der Waals surface area contributed by atoms with Gasteiger partial charge in [0.15, 0.2) is 0 Å². The highest BCUT2D eigenvalue weighted by molar-refractivity contribution is 5.81. The molecule has 2 N–H and O–H groups in total. The Hall–Kier alpha value is -2.75. The highest BCUT2D eigenvalue weighted by Crippen LogP contribution is 2.16. The van der Waals surface area contributed by atoms with Crippen LogP contribution in [0.4, 0.5) is 5.69 Å². The molecule has 0 aliphatic rings. The van der Waals surface area contributed by atoms with Crippen molar-refractivity contribution in [2.24, 2.45) is 0 Å². The Morgan fingerprint density at radius 2 is 1.79 bits per heavy atom. The molecule has 0 aliphatic carbocycles. The van der Waals surface area contributed by atoms with E-state index in [1.165, 1.54) is 0 Å². The minimum absolute atomic E-state index is 0.0154. The molecule has 0 heterocycles. The predicted octanol–water partition coefficient (Wildman–Crippen LogP) is 3.93. The van der Waals surface area contributed by atoms with Crippen molar-refractivity contribution in [1.29, 1.82) is 0 Å². The predicted molar refractivity (Wildman–Crippen MR) is 98.2 cm³/mol. The molecule has 4 heteroatoms. The maximum absolute atomic E-state index is 12.0. The van der Waals surface area contributed by atoms with Crippen molar-refractivity contribution in [1.82, 2.24) is 5.32 Å². The van der Waals surface area contributed by atoms with Crippen LogP contribution in [0.5, 0.6) is 5.75 Å². The van der Waals surface area contributed by atoms with Crippen LogP contribution in [0, 0.1) is 0 Å². The van der Waals surface area contributed by atoms with E-state index >= 15 is 0 Å². The zero-order chi connectivity index (χ0) is 17.4. The molecule has 2 rings (SSSR count). The van der Waals surface area contributed by atoms with Crippen LogP contribution in [-0.4, -0.2) is 19.1 Å². The van der Waals surface area contributed by atoms with Crippen LogP contribution in [0.25, 0.3) is 0 Å². The third-order valence-corrected chi connectivity index (χ3v) is 3.47. The van der Waals surface area contributed by atoms with E-state index < -0.39 is 0 Å². The minimum atomic E-state index is -0.0473. The number of hydrogen-bond donors (Lipinski definition) is 2. The highest BCUT2D eigenvalue weighted by atomic mass is 16.5. The van der Waals surface area contributed by atoms with Crippen molar-refractivity contribution >= 4 is 11.6 Å². The summed E-state index contributed by atoms with van der Waals surface area (Å²) in [6, 6.07) is 17.4. The van der Waals surface area contributed by atoms with Crippen LogP contribution in [0.1, 0.15) is 25.5 Å². The number of rotatable bonds is 8. The summed E-state index contributed by atoms with van der Waals surface area (Å²) in [7, 11) is 0. The van der Waals surface area contributed by atoms with Crippen molar-refractivity contribution in [2.45, 2.75) is 19.9 Å². The number of amides is 1. The van der Waals surface area contributed by atoms with Crippen LogP contribution >= 0.6 is 0 Å². The number of nitrogens with one attached hydrogen (secondary N) is 2. The number of carbonyl (C=O) groups is 1. The first-order valence-corrected chi connectivity index (χ1v) is 8.00. The van der Waals surface area contributed by atoms with Gasteiger partial charge in [-0.1, -0.05) is 36.9 Å². The highest BCUT2D eigenvalue weighted by Gasteiger charge is 2.08. The number of carbonyl (C=O) groups excluding carboxylic acids is 1. The van der Waals surface area contributed by atoms with Gasteiger partial charge in [-0.15, -0.1) is 0 Å². The number of ether oxygens (including phenoxy) is 1. The van der Waals surface area contributed by atoms with Gasteiger partial charge in [0.25, 0.3) is 0 Å². The molecular weight excluding hydrogens is 300 g/mol. The van der Waals surface area contributed by atoms with Gasteiger partial charge in [0.05, 0.1) is 12.6 Å². The van der Waals surface area contributed by atoms with Crippen molar-refractivity contribution in [3.05, 3.63) is 72.3 Å². The van der Waals surface area contributed by atoms with Gasteiger partial charge >= 0.3 is 0 Å². The van der Waals surface area contributed by atoms with Gasteiger partial charge in [0, 0.05) is 5.69 Å². The SMILES string of the molecule is C=C(C)COc1ccc(NCC(=O)NC(C)c2ccccc2)cc1. The summed E-state index contributed by atoms with van der Waals surface area (Å²) >= 11 is 0. The summed E-state index contributed by atoms with van der Waals surface area (Å²) in [5.74, 6) is 0.736. The van der Waals surface area contributed by atoms with E-state index in [1.807, 2.05) is 68.4 Å². The molecule has 0 aliphatic heterocycles. The standard InChI is InChI=1S/C20H24N2O2/c1-15(2)14-24-19-11-9-18(10-12-19)21-13-20(23)22-16(3)17-7-5-4-6-8-17/h4-12,16,21H,1,13-14H2,2-3H3,(H,22,23). The molecule has 24 heavy (non-hydrogen) atoms. The molecule has 0 radical (unpaired) electrons. The molecule has 0 saturated heterocycles. The van der Waals surface area contributed by atoms with Crippen molar-refractivity contribution in [3.8, 4) is 5.75 Å². The normalized spacial score (nSPS) is 11.4. The summed E-state index contributed by atoms with van der Waals surface area (Å²) in [5, 5.41) is 6.08. The molecule has 126 valence electrons. The molecule has 0 spiro atoms. The lowest BCUT2D eigenvalue weighted by Gasteiger charge is -2.15. The van der Waals surface area contributed by atoms with Gasteiger partial charge in [0.1, 0.15) is 12.4 Å². The summed E-state index contributed by atoms with van der Waals surface area (Å²) in [6.45, 7) is 8.43. The van der Waals surface area contributed by atoms with Gasteiger partial charge in [0.2, 0.25) is 5.91 Å². The Bertz CT molecular complexity index is 666. The average molecular weight is 324 g/mol. The molecule has 2 aromatic carbocycles. The van der Waals surface area contributed by atoms with E-state index in [0.29, 0.717) is 6.61 Å². The third-order valence-electron chi connectivity index (χ3n) is 3.47. The first kappa shape index (κ1) is 17.6. The van der Waals surface area contributed by atoms with Crippen LogP contribution in [0.2, 0.25) is 0 Å². The summed E-state index contributed by atoms with van der Waals surface area (Å²) in [5.41, 5.74) is 2.94. The molecule has 1 atom stereocenters. The minimum Gasteiger partial charge on any atom is -0.489 e. The monoisotopic (exact) mass is 324 g/mol. The lowest BCUT2D eigenvalue weighted by molar-refractivity contribution is -0.120. The van der Waals surface area contributed by atoms with Gasteiger partial charge in [-0.25, -0.2) is 0 Å². The second-order valence-corrected chi connectivity index (χ2v) is 5.82. The Morgan fingerprint density at radius 3 is 2.42 bits per heavy atom. The first-order chi connectivity index (χ1) is 11.5. The van der Waals surface area contributed by atoms with E-state index in [0.717, 1.165) is 22.6 Å². The maximum atomic E-state index is 12.0. The van der Waals surface area contributed by atoms with Crippen molar-refractivity contribution < 1.29 is 9.53 Å². The molecule has 0 saturated carbocycles. The number of anilines is 1. The quantitative estimate of drug-likeness (QED) is 0.723. The molecule has 0 bridgehead atoms. The lowest BCUT2D eigenvalue weighted by atomic mass is 10.1. The smallest absolute Gasteiger partial charge is 0.239 e. The molecule has 0 aromatic heterocycles. The maximum Gasteiger partial charge on any atom is 0.239 e. The number of hydrogen-bond acceptors (Lipinski definition) is 3. The molecular formula is C20H24N2O2. The van der Waals surface area contributed by atoms with Gasteiger partial charge in [-0.3, -0.25) is 4.79 Å². The van der Waals surface area contributed by atoms with Crippen LogP contribution in [0.3, 0.4) is 0 Å². The fraction of sp³-hybridized carbons (Fsp3) is 0.250. The molecule has 0 fully saturated rings. The van der Waals surface area contributed by atoms with E-state index in [-0.39, 0.29) is 18.5 Å². The first-order valence-electron chi connectivity index (χ1n) is 8.00. The molecule has 2 aromatic rings. The van der Waals surface area contributed by atoms with E-state index in [4.69, 9.17) is 4.74 Å². The lowest BCUT2D eigenvalue weighted by Crippen LogP contribution is -2.32. The largest absolute Gasteiger partial charge is 0.489 e. The van der Waals surface area contributed by atoms with Crippen molar-refractivity contribution in [2.75, 3.05) is 18.5 Å². The topological polar surface area (TPSA) is 50.4 Å². The molecule has 1 unspecified atom stereocenters. The second kappa shape index (κ2) is 8.77. The molecule has 1 amide bonds. The summed E-state index contributed by atoms with van der Waals surface area (Å²) in [6.07, 6.45) is 0. The molecule has 4 nitrogen and oxygen atoms in total.